The van der Waals surface area contributed by atoms with Gasteiger partial charge in [-0.05, 0) is 17.9 Å². The van der Waals surface area contributed by atoms with E-state index in [4.69, 9.17) is 0 Å². The van der Waals surface area contributed by atoms with Gasteiger partial charge in [-0.15, -0.1) is 0 Å². The molecule has 0 saturated heterocycles. The minimum absolute atomic E-state index is 0.0458. The van der Waals surface area contributed by atoms with Gasteiger partial charge in [0.05, 0.1) is 5.69 Å². The number of aromatic amines is 1. The summed E-state index contributed by atoms with van der Waals surface area (Å²) in [6.07, 6.45) is 1.01. The van der Waals surface area contributed by atoms with Crippen LogP contribution in [0.2, 0.25) is 0 Å². The first-order valence-corrected chi connectivity index (χ1v) is 6.02. The summed E-state index contributed by atoms with van der Waals surface area (Å²) in [5.74, 6) is 0.602. The zero-order chi connectivity index (χ0) is 12.3. The molecule has 90 valence electrons. The van der Waals surface area contributed by atoms with Crippen molar-refractivity contribution in [1.29, 1.82) is 0 Å². The molecule has 3 heteroatoms. The minimum Gasteiger partial charge on any atom is -0.295 e. The highest BCUT2D eigenvalue weighted by molar-refractivity contribution is 5.57. The van der Waals surface area contributed by atoms with Crippen molar-refractivity contribution in [2.45, 2.75) is 26.8 Å². The fraction of sp³-hybridized carbons (Fsp3) is 0.357. The van der Waals surface area contributed by atoms with Crippen LogP contribution in [0.1, 0.15) is 20.3 Å². The molecular formula is C14H18N2O. The molecule has 0 aliphatic rings. The maximum absolute atomic E-state index is 11.8. The van der Waals surface area contributed by atoms with Gasteiger partial charge >= 0.3 is 0 Å². The Morgan fingerprint density at radius 1 is 1.24 bits per heavy atom. The number of hydrogen-bond donors (Lipinski definition) is 1. The number of aromatic nitrogens is 2. The molecule has 1 aromatic heterocycles. The van der Waals surface area contributed by atoms with Crippen molar-refractivity contribution >= 4 is 0 Å². The van der Waals surface area contributed by atoms with Gasteiger partial charge in [0.2, 0.25) is 0 Å². The summed E-state index contributed by atoms with van der Waals surface area (Å²) in [5.41, 5.74) is 1.98. The van der Waals surface area contributed by atoms with E-state index in [1.807, 2.05) is 30.3 Å². The van der Waals surface area contributed by atoms with Crippen LogP contribution in [0.15, 0.2) is 41.2 Å². The molecule has 0 aliphatic heterocycles. The average molecular weight is 230 g/mol. The van der Waals surface area contributed by atoms with E-state index in [0.717, 1.165) is 24.2 Å². The Kier molecular flexibility index (Phi) is 3.47. The normalized spacial score (nSPS) is 11.0. The van der Waals surface area contributed by atoms with Crippen LogP contribution in [0.5, 0.6) is 0 Å². The first-order valence-electron chi connectivity index (χ1n) is 6.02. The third kappa shape index (κ3) is 2.87. The van der Waals surface area contributed by atoms with Gasteiger partial charge in [0.1, 0.15) is 0 Å². The van der Waals surface area contributed by atoms with Gasteiger partial charge in [0, 0.05) is 12.6 Å². The molecule has 0 fully saturated rings. The monoisotopic (exact) mass is 230 g/mol. The molecule has 1 N–H and O–H groups in total. The molecule has 17 heavy (non-hydrogen) atoms. The minimum atomic E-state index is 0.0458. The smallest absolute Gasteiger partial charge is 0.267 e. The standard InChI is InChI=1S/C14H18N2O/c1-11(2)8-9-16-14(17)10-13(15-16)12-6-4-3-5-7-12/h3-7,10-11,15H,8-9H2,1-2H3. The molecule has 0 unspecified atom stereocenters. The predicted molar refractivity (Wildman–Crippen MR) is 69.9 cm³/mol. The zero-order valence-electron chi connectivity index (χ0n) is 10.3. The Bertz CT molecular complexity index is 523. The highest BCUT2D eigenvalue weighted by Crippen LogP contribution is 2.14. The van der Waals surface area contributed by atoms with Crippen LogP contribution in [0, 0.1) is 5.92 Å². The molecule has 0 radical (unpaired) electrons. The number of hydrogen-bond acceptors (Lipinski definition) is 1. The van der Waals surface area contributed by atoms with E-state index in [1.165, 1.54) is 0 Å². The van der Waals surface area contributed by atoms with Crippen molar-refractivity contribution in [3.05, 3.63) is 46.8 Å². The second-order valence-corrected chi connectivity index (χ2v) is 4.71. The molecular weight excluding hydrogens is 212 g/mol. The topological polar surface area (TPSA) is 37.8 Å². The van der Waals surface area contributed by atoms with Crippen molar-refractivity contribution in [1.82, 2.24) is 9.78 Å². The Hall–Kier alpha value is -1.77. The Morgan fingerprint density at radius 3 is 2.59 bits per heavy atom. The Balaban J connectivity index is 2.22. The molecule has 0 bridgehead atoms. The third-order valence-electron chi connectivity index (χ3n) is 2.80. The van der Waals surface area contributed by atoms with Crippen LogP contribution >= 0.6 is 0 Å². The molecule has 1 heterocycles. The van der Waals surface area contributed by atoms with E-state index in [2.05, 4.69) is 18.9 Å². The van der Waals surface area contributed by atoms with E-state index in [0.29, 0.717) is 5.92 Å². The van der Waals surface area contributed by atoms with Crippen molar-refractivity contribution in [2.75, 3.05) is 0 Å². The summed E-state index contributed by atoms with van der Waals surface area (Å²) in [7, 11) is 0. The number of rotatable bonds is 4. The van der Waals surface area contributed by atoms with Crippen LogP contribution in [0.4, 0.5) is 0 Å². The lowest BCUT2D eigenvalue weighted by molar-refractivity contribution is 0.480. The van der Waals surface area contributed by atoms with Gasteiger partial charge < -0.3 is 0 Å². The number of H-pyrrole nitrogens is 1. The fourth-order valence-electron chi connectivity index (χ4n) is 1.75. The molecule has 0 atom stereocenters. The lowest BCUT2D eigenvalue weighted by Gasteiger charge is -2.04. The Labute approximate surface area is 101 Å². The molecule has 1 aromatic carbocycles. The zero-order valence-corrected chi connectivity index (χ0v) is 10.3. The van der Waals surface area contributed by atoms with Crippen molar-refractivity contribution in [3.8, 4) is 11.3 Å². The maximum atomic E-state index is 11.8. The fourth-order valence-corrected chi connectivity index (χ4v) is 1.75. The summed E-state index contributed by atoms with van der Waals surface area (Å²) in [6, 6.07) is 11.6. The Morgan fingerprint density at radius 2 is 1.94 bits per heavy atom. The molecule has 2 rings (SSSR count). The van der Waals surface area contributed by atoms with Crippen molar-refractivity contribution in [2.24, 2.45) is 5.92 Å². The summed E-state index contributed by atoms with van der Waals surface area (Å²) in [4.78, 5) is 11.8. The largest absolute Gasteiger partial charge is 0.295 e. The summed E-state index contributed by atoms with van der Waals surface area (Å²) in [6.45, 7) is 5.07. The van der Waals surface area contributed by atoms with E-state index in [-0.39, 0.29) is 5.56 Å². The van der Waals surface area contributed by atoms with Crippen LogP contribution in [0.3, 0.4) is 0 Å². The van der Waals surface area contributed by atoms with E-state index in [1.54, 1.807) is 10.7 Å². The number of nitrogens with zero attached hydrogens (tertiary/aromatic N) is 1. The van der Waals surface area contributed by atoms with Gasteiger partial charge in [-0.2, -0.15) is 0 Å². The van der Waals surface area contributed by atoms with Crippen LogP contribution in [-0.4, -0.2) is 9.78 Å². The molecule has 0 amide bonds. The highest BCUT2D eigenvalue weighted by atomic mass is 16.1. The van der Waals surface area contributed by atoms with Crippen LogP contribution in [0.25, 0.3) is 11.3 Å². The molecule has 0 spiro atoms. The highest BCUT2D eigenvalue weighted by Gasteiger charge is 2.05. The van der Waals surface area contributed by atoms with Gasteiger partial charge in [0.25, 0.3) is 5.56 Å². The summed E-state index contributed by atoms with van der Waals surface area (Å²) in [5, 5.41) is 3.16. The molecule has 0 saturated carbocycles. The van der Waals surface area contributed by atoms with E-state index < -0.39 is 0 Å². The van der Waals surface area contributed by atoms with Gasteiger partial charge in [-0.1, -0.05) is 44.2 Å². The third-order valence-corrected chi connectivity index (χ3v) is 2.80. The van der Waals surface area contributed by atoms with E-state index >= 15 is 0 Å². The second-order valence-electron chi connectivity index (χ2n) is 4.71. The number of benzene rings is 1. The predicted octanol–water partition coefficient (Wildman–Crippen LogP) is 2.89. The van der Waals surface area contributed by atoms with Gasteiger partial charge in [-0.25, -0.2) is 0 Å². The van der Waals surface area contributed by atoms with Crippen LogP contribution in [-0.2, 0) is 6.54 Å². The van der Waals surface area contributed by atoms with Gasteiger partial charge in [-0.3, -0.25) is 14.6 Å². The first kappa shape index (κ1) is 11.7. The lowest BCUT2D eigenvalue weighted by atomic mass is 10.1. The molecule has 2 aromatic rings. The van der Waals surface area contributed by atoms with Crippen LogP contribution < -0.4 is 5.56 Å². The number of aryl methyl sites for hydroxylation is 1. The lowest BCUT2D eigenvalue weighted by Crippen LogP contribution is -2.16. The molecule has 3 nitrogen and oxygen atoms in total. The second kappa shape index (κ2) is 5.04. The SMILES string of the molecule is CC(C)CCn1[nH]c(-c2ccccc2)cc1=O. The molecule has 0 aliphatic carbocycles. The quantitative estimate of drug-likeness (QED) is 0.861. The average Bonchev–Trinajstić information content (AvgIpc) is 2.69. The van der Waals surface area contributed by atoms with E-state index in [9.17, 15) is 4.79 Å². The number of nitrogens with one attached hydrogen (secondary N) is 1. The summed E-state index contributed by atoms with van der Waals surface area (Å²) < 4.78 is 1.68. The first-order chi connectivity index (χ1) is 8.16. The maximum Gasteiger partial charge on any atom is 0.267 e. The van der Waals surface area contributed by atoms with Gasteiger partial charge in [0.15, 0.2) is 0 Å². The van der Waals surface area contributed by atoms with Crippen molar-refractivity contribution in [3.63, 3.8) is 0 Å². The van der Waals surface area contributed by atoms with Crippen molar-refractivity contribution < 1.29 is 0 Å². The summed E-state index contributed by atoms with van der Waals surface area (Å²) >= 11 is 0.